The van der Waals surface area contributed by atoms with Gasteiger partial charge in [-0.1, -0.05) is 30.3 Å². The molecule has 4 aromatic rings. The van der Waals surface area contributed by atoms with Crippen LogP contribution in [0.4, 0.5) is 5.82 Å². The Morgan fingerprint density at radius 3 is 2.54 bits per heavy atom. The van der Waals surface area contributed by atoms with Crippen LogP contribution in [0.3, 0.4) is 0 Å². The highest BCUT2D eigenvalue weighted by atomic mass is 15.3. The molecule has 0 radical (unpaired) electrons. The van der Waals surface area contributed by atoms with Crippen LogP contribution in [0.2, 0.25) is 0 Å². The van der Waals surface area contributed by atoms with Gasteiger partial charge in [0.1, 0.15) is 5.82 Å². The van der Waals surface area contributed by atoms with E-state index in [1.54, 1.807) is 12.4 Å². The Morgan fingerprint density at radius 1 is 0.958 bits per heavy atom. The van der Waals surface area contributed by atoms with Crippen LogP contribution in [0.15, 0.2) is 73.2 Å². The van der Waals surface area contributed by atoms with Gasteiger partial charge in [0.2, 0.25) is 0 Å². The fourth-order valence-corrected chi connectivity index (χ4v) is 2.72. The first-order valence-electron chi connectivity index (χ1n) is 7.88. The number of nitrogens with one attached hydrogen (secondary N) is 1. The van der Waals surface area contributed by atoms with Gasteiger partial charge in [-0.05, 0) is 36.8 Å². The van der Waals surface area contributed by atoms with Crippen molar-refractivity contribution in [1.29, 1.82) is 0 Å². The van der Waals surface area contributed by atoms with Gasteiger partial charge in [0.15, 0.2) is 5.65 Å². The Kier molecular flexibility index (Phi) is 3.67. The standard InChI is InChI=1S/C19H17N5/c1-14(15-5-3-2-4-6-15)22-18-7-8-19-21-13-17(24(19)23-18)16-9-11-20-12-10-16/h2-14H,1H3,(H,22,23)/t14-/m1/s1. The van der Waals surface area contributed by atoms with Gasteiger partial charge in [0.25, 0.3) is 0 Å². The lowest BCUT2D eigenvalue weighted by molar-refractivity contribution is 0.848. The molecule has 1 aromatic carbocycles. The van der Waals surface area contributed by atoms with Crippen molar-refractivity contribution < 1.29 is 0 Å². The highest BCUT2D eigenvalue weighted by molar-refractivity contribution is 5.63. The van der Waals surface area contributed by atoms with Crippen LogP contribution in [-0.4, -0.2) is 19.6 Å². The summed E-state index contributed by atoms with van der Waals surface area (Å²) in [5, 5.41) is 8.15. The topological polar surface area (TPSA) is 55.1 Å². The predicted molar refractivity (Wildman–Crippen MR) is 94.7 cm³/mol. The van der Waals surface area contributed by atoms with E-state index in [2.05, 4.69) is 34.3 Å². The van der Waals surface area contributed by atoms with E-state index in [9.17, 15) is 0 Å². The molecule has 0 aliphatic heterocycles. The molecule has 1 atom stereocenters. The fourth-order valence-electron chi connectivity index (χ4n) is 2.72. The molecule has 1 N–H and O–H groups in total. The van der Waals surface area contributed by atoms with Gasteiger partial charge in [-0.15, -0.1) is 5.10 Å². The minimum atomic E-state index is 0.170. The summed E-state index contributed by atoms with van der Waals surface area (Å²) >= 11 is 0. The summed E-state index contributed by atoms with van der Waals surface area (Å²) in [6.45, 7) is 2.12. The summed E-state index contributed by atoms with van der Waals surface area (Å²) in [5.74, 6) is 0.812. The lowest BCUT2D eigenvalue weighted by Gasteiger charge is -2.15. The highest BCUT2D eigenvalue weighted by Gasteiger charge is 2.10. The molecule has 0 aliphatic carbocycles. The molecule has 5 heteroatoms. The van der Waals surface area contributed by atoms with Crippen LogP contribution in [0.25, 0.3) is 16.9 Å². The molecule has 0 saturated heterocycles. The largest absolute Gasteiger partial charge is 0.362 e. The van der Waals surface area contributed by atoms with Gasteiger partial charge >= 0.3 is 0 Å². The molecule has 0 aliphatic rings. The van der Waals surface area contributed by atoms with Crippen molar-refractivity contribution in [1.82, 2.24) is 19.6 Å². The van der Waals surface area contributed by atoms with E-state index in [0.717, 1.165) is 22.7 Å². The van der Waals surface area contributed by atoms with Gasteiger partial charge in [0.05, 0.1) is 11.9 Å². The number of anilines is 1. The van der Waals surface area contributed by atoms with Crippen molar-refractivity contribution in [2.24, 2.45) is 0 Å². The zero-order valence-electron chi connectivity index (χ0n) is 13.3. The molecule has 24 heavy (non-hydrogen) atoms. The molecule has 0 saturated carbocycles. The molecule has 0 fully saturated rings. The molecule has 0 bridgehead atoms. The van der Waals surface area contributed by atoms with Gasteiger partial charge < -0.3 is 5.32 Å². The van der Waals surface area contributed by atoms with Crippen LogP contribution >= 0.6 is 0 Å². The van der Waals surface area contributed by atoms with E-state index < -0.39 is 0 Å². The smallest absolute Gasteiger partial charge is 0.154 e. The van der Waals surface area contributed by atoms with Crippen LogP contribution in [0.5, 0.6) is 0 Å². The lowest BCUT2D eigenvalue weighted by atomic mass is 10.1. The number of hydrogen-bond donors (Lipinski definition) is 1. The van der Waals surface area contributed by atoms with Gasteiger partial charge in [0, 0.05) is 24.0 Å². The maximum Gasteiger partial charge on any atom is 0.154 e. The number of benzene rings is 1. The number of fused-ring (bicyclic) bond motifs is 1. The van der Waals surface area contributed by atoms with Crippen molar-refractivity contribution >= 4 is 11.5 Å². The van der Waals surface area contributed by atoms with E-state index in [4.69, 9.17) is 5.10 Å². The maximum absolute atomic E-state index is 4.70. The Morgan fingerprint density at radius 2 is 1.75 bits per heavy atom. The van der Waals surface area contributed by atoms with E-state index in [1.807, 2.05) is 53.2 Å². The molecule has 3 heterocycles. The Hall–Kier alpha value is -3.21. The molecular weight excluding hydrogens is 298 g/mol. The molecule has 118 valence electrons. The van der Waals surface area contributed by atoms with Crippen molar-refractivity contribution in [3.8, 4) is 11.3 Å². The molecule has 0 spiro atoms. The first-order chi connectivity index (χ1) is 11.8. The summed E-state index contributed by atoms with van der Waals surface area (Å²) < 4.78 is 1.86. The first-order valence-corrected chi connectivity index (χ1v) is 7.88. The summed E-state index contributed by atoms with van der Waals surface area (Å²) in [6.07, 6.45) is 5.38. The van der Waals surface area contributed by atoms with Crippen LogP contribution in [0.1, 0.15) is 18.5 Å². The third kappa shape index (κ3) is 2.72. The number of imidazole rings is 1. The van der Waals surface area contributed by atoms with Crippen LogP contribution < -0.4 is 5.32 Å². The van der Waals surface area contributed by atoms with E-state index >= 15 is 0 Å². The van der Waals surface area contributed by atoms with Crippen molar-refractivity contribution in [3.05, 3.63) is 78.8 Å². The highest BCUT2D eigenvalue weighted by Crippen LogP contribution is 2.22. The van der Waals surface area contributed by atoms with E-state index in [0.29, 0.717) is 0 Å². The lowest BCUT2D eigenvalue weighted by Crippen LogP contribution is -2.09. The Bertz CT molecular complexity index is 947. The average molecular weight is 315 g/mol. The zero-order valence-corrected chi connectivity index (χ0v) is 13.3. The Balaban J connectivity index is 1.68. The first kappa shape index (κ1) is 14.4. The number of hydrogen-bond acceptors (Lipinski definition) is 4. The van der Waals surface area contributed by atoms with Crippen molar-refractivity contribution in [3.63, 3.8) is 0 Å². The third-order valence-corrected chi connectivity index (χ3v) is 4.00. The minimum Gasteiger partial charge on any atom is -0.362 e. The monoisotopic (exact) mass is 315 g/mol. The zero-order chi connectivity index (χ0) is 16.4. The molecule has 0 amide bonds. The number of nitrogens with zero attached hydrogens (tertiary/aromatic N) is 4. The van der Waals surface area contributed by atoms with Crippen molar-refractivity contribution in [2.45, 2.75) is 13.0 Å². The minimum absolute atomic E-state index is 0.170. The van der Waals surface area contributed by atoms with E-state index in [-0.39, 0.29) is 6.04 Å². The average Bonchev–Trinajstić information content (AvgIpc) is 3.06. The molecule has 4 rings (SSSR count). The van der Waals surface area contributed by atoms with Gasteiger partial charge in [-0.3, -0.25) is 4.98 Å². The summed E-state index contributed by atoms with van der Waals surface area (Å²) in [5.41, 5.74) is 4.03. The van der Waals surface area contributed by atoms with Crippen LogP contribution in [0, 0.1) is 0 Å². The Labute approximate surface area is 140 Å². The molecule has 0 unspecified atom stereocenters. The molecule has 5 nitrogen and oxygen atoms in total. The summed E-state index contributed by atoms with van der Waals surface area (Å²) in [7, 11) is 0. The fraction of sp³-hybridized carbons (Fsp3) is 0.105. The van der Waals surface area contributed by atoms with E-state index in [1.165, 1.54) is 5.56 Å². The normalized spacial score (nSPS) is 12.2. The van der Waals surface area contributed by atoms with Gasteiger partial charge in [-0.2, -0.15) is 0 Å². The molecular formula is C19H17N5. The van der Waals surface area contributed by atoms with Crippen molar-refractivity contribution in [2.75, 3.05) is 5.32 Å². The summed E-state index contributed by atoms with van der Waals surface area (Å²) in [4.78, 5) is 8.49. The molecule has 3 aromatic heterocycles. The number of rotatable bonds is 4. The number of aromatic nitrogens is 4. The second-order valence-electron chi connectivity index (χ2n) is 5.64. The number of pyridine rings is 1. The van der Waals surface area contributed by atoms with Gasteiger partial charge in [-0.25, -0.2) is 9.50 Å². The predicted octanol–water partition coefficient (Wildman–Crippen LogP) is 3.96. The van der Waals surface area contributed by atoms with Crippen LogP contribution in [-0.2, 0) is 0 Å². The second-order valence-corrected chi connectivity index (χ2v) is 5.64. The SMILES string of the molecule is C[C@@H](Nc1ccc2ncc(-c3ccncc3)n2n1)c1ccccc1. The third-order valence-electron chi connectivity index (χ3n) is 4.00. The quantitative estimate of drug-likeness (QED) is 0.619. The second kappa shape index (κ2) is 6.12. The summed E-state index contributed by atoms with van der Waals surface area (Å²) in [6, 6.07) is 18.3. The maximum atomic E-state index is 4.70.